The molecule has 0 atom stereocenters. The highest BCUT2D eigenvalue weighted by molar-refractivity contribution is 5.69. The molecule has 0 saturated carbocycles. The summed E-state index contributed by atoms with van der Waals surface area (Å²) in [6.07, 6.45) is -0.606. The summed E-state index contributed by atoms with van der Waals surface area (Å²) in [4.78, 5) is 23.7. The van der Waals surface area contributed by atoms with Crippen LogP contribution in [-0.4, -0.2) is 35.9 Å². The molecule has 1 rings (SSSR count). The van der Waals surface area contributed by atoms with E-state index in [9.17, 15) is 4.79 Å². The van der Waals surface area contributed by atoms with Crippen molar-refractivity contribution >= 4 is 11.9 Å². The Hall–Kier alpha value is -2.56. The number of ether oxygens (including phenoxy) is 3. The van der Waals surface area contributed by atoms with Crippen molar-refractivity contribution in [1.82, 2.24) is 15.3 Å². The summed E-state index contributed by atoms with van der Waals surface area (Å²) in [6.45, 7) is 15.9. The lowest BCUT2D eigenvalue weighted by atomic mass is 10.1. The molecule has 1 aromatic rings. The Labute approximate surface area is 136 Å². The van der Waals surface area contributed by atoms with Gasteiger partial charge in [-0.2, -0.15) is 4.98 Å². The van der Waals surface area contributed by atoms with Crippen molar-refractivity contribution in [3.8, 4) is 11.6 Å². The molecule has 126 valence electrons. The molecule has 0 aliphatic heterocycles. The van der Waals surface area contributed by atoms with Crippen LogP contribution in [0.1, 0.15) is 40.4 Å². The van der Waals surface area contributed by atoms with E-state index in [2.05, 4.69) is 20.1 Å². The van der Waals surface area contributed by atoms with Crippen molar-refractivity contribution in [1.29, 1.82) is 0 Å². The van der Waals surface area contributed by atoms with E-state index in [1.807, 2.05) is 0 Å². The van der Waals surface area contributed by atoms with Crippen LogP contribution in [-0.2, 0) is 10.3 Å². The number of hydrogen-bond donors (Lipinski definition) is 1. The molecule has 0 aliphatic carbocycles. The van der Waals surface area contributed by atoms with E-state index in [4.69, 9.17) is 20.8 Å². The molecule has 0 saturated heterocycles. The number of carbonyl (C=O) groups excluding carboxylic acids is 1. The lowest BCUT2D eigenvalue weighted by molar-refractivity contribution is 0.0465. The maximum atomic E-state index is 12.0. The van der Waals surface area contributed by atoms with Gasteiger partial charge in [0.1, 0.15) is 11.1 Å². The van der Waals surface area contributed by atoms with Gasteiger partial charge >= 0.3 is 11.9 Å². The number of aromatic nitrogens is 2. The van der Waals surface area contributed by atoms with Crippen molar-refractivity contribution in [3.05, 3.63) is 17.2 Å². The molecule has 1 amide bonds. The second kappa shape index (κ2) is 6.69. The highest BCUT2D eigenvalue weighted by atomic mass is 16.6. The SMILES string of the molecule is [C-]#[N+]c1nc(C(C)(C)NC(=O)OC(C)(C)C)nc(OC)c1OC. The summed E-state index contributed by atoms with van der Waals surface area (Å²) < 4.78 is 15.5. The zero-order valence-electron chi connectivity index (χ0n) is 14.5. The molecule has 0 radical (unpaired) electrons. The first kappa shape index (κ1) is 18.5. The van der Waals surface area contributed by atoms with Gasteiger partial charge in [0.15, 0.2) is 0 Å². The standard InChI is InChI=1S/C15H22N4O4/c1-14(2,3)23-13(20)19-15(4,5)12-17-10(16-6)9(21-7)11(18-12)22-8/h1-5,7-8H3,(H,19,20). The lowest BCUT2D eigenvalue weighted by Crippen LogP contribution is -2.44. The van der Waals surface area contributed by atoms with Gasteiger partial charge < -0.3 is 24.4 Å². The number of methoxy groups -OCH3 is 2. The molecule has 0 aromatic carbocycles. The lowest BCUT2D eigenvalue weighted by Gasteiger charge is -2.26. The minimum Gasteiger partial charge on any atom is -0.501 e. The fraction of sp³-hybridized carbons (Fsp3) is 0.600. The van der Waals surface area contributed by atoms with Gasteiger partial charge in [-0.1, -0.05) is 11.6 Å². The van der Waals surface area contributed by atoms with Crippen molar-refractivity contribution in [2.45, 2.75) is 45.8 Å². The van der Waals surface area contributed by atoms with Gasteiger partial charge in [-0.05, 0) is 34.6 Å². The van der Waals surface area contributed by atoms with E-state index < -0.39 is 17.2 Å². The Kier molecular flexibility index (Phi) is 5.38. The first-order chi connectivity index (χ1) is 10.5. The number of nitrogens with one attached hydrogen (secondary N) is 1. The van der Waals surface area contributed by atoms with Gasteiger partial charge in [-0.15, -0.1) is 0 Å². The molecule has 0 unspecified atom stereocenters. The van der Waals surface area contributed by atoms with Gasteiger partial charge in [0.2, 0.25) is 5.75 Å². The Balaban J connectivity index is 3.18. The Morgan fingerprint density at radius 3 is 2.17 bits per heavy atom. The van der Waals surface area contributed by atoms with Crippen LogP contribution in [0.4, 0.5) is 10.6 Å². The minimum absolute atomic E-state index is 0.00779. The summed E-state index contributed by atoms with van der Waals surface area (Å²) in [6, 6.07) is 0. The van der Waals surface area contributed by atoms with Crippen LogP contribution in [0.15, 0.2) is 0 Å². The highest BCUT2D eigenvalue weighted by Crippen LogP contribution is 2.35. The van der Waals surface area contributed by atoms with Gasteiger partial charge in [-0.25, -0.2) is 4.79 Å². The molecule has 1 aromatic heterocycles. The van der Waals surface area contributed by atoms with E-state index in [0.29, 0.717) is 0 Å². The smallest absolute Gasteiger partial charge is 0.408 e. The van der Waals surface area contributed by atoms with Crippen LogP contribution < -0.4 is 14.8 Å². The zero-order valence-corrected chi connectivity index (χ0v) is 14.5. The van der Waals surface area contributed by atoms with Crippen LogP contribution in [0.3, 0.4) is 0 Å². The van der Waals surface area contributed by atoms with Crippen molar-refractivity contribution < 1.29 is 19.0 Å². The van der Waals surface area contributed by atoms with Crippen molar-refractivity contribution in [2.24, 2.45) is 0 Å². The molecule has 0 bridgehead atoms. The third kappa shape index (κ3) is 4.71. The Morgan fingerprint density at radius 2 is 1.74 bits per heavy atom. The van der Waals surface area contributed by atoms with E-state index in [0.717, 1.165) is 0 Å². The number of hydrogen-bond acceptors (Lipinski definition) is 6. The maximum absolute atomic E-state index is 12.0. The quantitative estimate of drug-likeness (QED) is 0.858. The summed E-state index contributed by atoms with van der Waals surface area (Å²) >= 11 is 0. The molecular formula is C15H22N4O4. The predicted molar refractivity (Wildman–Crippen MR) is 83.8 cm³/mol. The minimum atomic E-state index is -0.971. The normalized spacial score (nSPS) is 11.4. The molecule has 23 heavy (non-hydrogen) atoms. The molecule has 1 N–H and O–H groups in total. The van der Waals surface area contributed by atoms with E-state index in [-0.39, 0.29) is 23.3 Å². The molecule has 1 heterocycles. The predicted octanol–water partition coefficient (Wildman–Crippen LogP) is 2.80. The summed E-state index contributed by atoms with van der Waals surface area (Å²) in [7, 11) is 2.82. The van der Waals surface area contributed by atoms with Crippen LogP contribution in [0.25, 0.3) is 4.85 Å². The van der Waals surface area contributed by atoms with Gasteiger partial charge in [-0.3, -0.25) is 0 Å². The highest BCUT2D eigenvalue weighted by Gasteiger charge is 2.34. The zero-order chi connectivity index (χ0) is 17.8. The van der Waals surface area contributed by atoms with Gasteiger partial charge in [0.25, 0.3) is 11.7 Å². The topological polar surface area (TPSA) is 86.9 Å². The number of alkyl carbamates (subject to hydrolysis) is 1. The van der Waals surface area contributed by atoms with Crippen LogP contribution in [0.2, 0.25) is 0 Å². The third-order valence-electron chi connectivity index (χ3n) is 2.69. The van der Waals surface area contributed by atoms with Crippen molar-refractivity contribution in [2.75, 3.05) is 14.2 Å². The first-order valence-electron chi connectivity index (χ1n) is 6.93. The molecule has 0 fully saturated rings. The maximum Gasteiger partial charge on any atom is 0.408 e. The fourth-order valence-corrected chi connectivity index (χ4v) is 1.71. The average molecular weight is 322 g/mol. The average Bonchev–Trinajstić information content (AvgIpc) is 2.42. The molecular weight excluding hydrogens is 300 g/mol. The number of carbonyl (C=O) groups is 1. The fourth-order valence-electron chi connectivity index (χ4n) is 1.71. The largest absolute Gasteiger partial charge is 0.501 e. The molecule has 8 nitrogen and oxygen atoms in total. The first-order valence-corrected chi connectivity index (χ1v) is 6.93. The monoisotopic (exact) mass is 322 g/mol. The second-order valence-electron chi connectivity index (χ2n) is 6.28. The number of rotatable bonds is 4. The van der Waals surface area contributed by atoms with Gasteiger partial charge in [0, 0.05) is 0 Å². The molecule has 0 spiro atoms. The Bertz CT molecular complexity index is 630. The van der Waals surface area contributed by atoms with E-state index in [1.165, 1.54) is 14.2 Å². The summed E-state index contributed by atoms with van der Waals surface area (Å²) in [5, 5.41) is 2.68. The van der Waals surface area contributed by atoms with Crippen molar-refractivity contribution in [3.63, 3.8) is 0 Å². The van der Waals surface area contributed by atoms with Gasteiger partial charge in [0.05, 0.1) is 14.2 Å². The number of nitrogens with zero attached hydrogens (tertiary/aromatic N) is 3. The number of amides is 1. The van der Waals surface area contributed by atoms with Crippen LogP contribution in [0.5, 0.6) is 11.6 Å². The third-order valence-corrected chi connectivity index (χ3v) is 2.69. The molecule has 0 aliphatic rings. The van der Waals surface area contributed by atoms with E-state index >= 15 is 0 Å². The summed E-state index contributed by atoms with van der Waals surface area (Å²) in [5.41, 5.74) is -1.60. The van der Waals surface area contributed by atoms with Crippen LogP contribution >= 0.6 is 0 Å². The summed E-state index contributed by atoms with van der Waals surface area (Å²) in [5.74, 6) is 0.502. The Morgan fingerprint density at radius 1 is 1.13 bits per heavy atom. The van der Waals surface area contributed by atoms with E-state index in [1.54, 1.807) is 34.6 Å². The second-order valence-corrected chi connectivity index (χ2v) is 6.28. The van der Waals surface area contributed by atoms with Crippen LogP contribution in [0, 0.1) is 6.57 Å². The molecule has 8 heteroatoms.